The van der Waals surface area contributed by atoms with Crippen LogP contribution in [0.4, 0.5) is 5.13 Å². The lowest BCUT2D eigenvalue weighted by molar-refractivity contribution is -0.125. The van der Waals surface area contributed by atoms with Crippen molar-refractivity contribution in [1.29, 1.82) is 0 Å². The summed E-state index contributed by atoms with van der Waals surface area (Å²) in [6.45, 7) is 6.32. The van der Waals surface area contributed by atoms with Gasteiger partial charge in [-0.1, -0.05) is 23.5 Å². The van der Waals surface area contributed by atoms with Gasteiger partial charge in [0.2, 0.25) is 16.2 Å². The number of hydrogen-bond acceptors (Lipinski definition) is 6. The van der Waals surface area contributed by atoms with Crippen molar-refractivity contribution >= 4 is 22.4 Å². The summed E-state index contributed by atoms with van der Waals surface area (Å²) in [6, 6.07) is 11.9. The van der Waals surface area contributed by atoms with Crippen LogP contribution in [0.5, 0.6) is 5.75 Å². The number of benzene rings is 1. The molecule has 158 valence electrons. The molecule has 1 fully saturated rings. The molecule has 0 bridgehead atoms. The second-order valence-corrected chi connectivity index (χ2v) is 8.58. The van der Waals surface area contributed by atoms with Gasteiger partial charge >= 0.3 is 0 Å². The number of nitrogens with zero attached hydrogens (tertiary/aromatic N) is 4. The second kappa shape index (κ2) is 8.87. The Labute approximate surface area is 180 Å². The van der Waals surface area contributed by atoms with E-state index in [0.717, 1.165) is 58.9 Å². The van der Waals surface area contributed by atoms with Gasteiger partial charge in [-0.3, -0.25) is 9.36 Å². The van der Waals surface area contributed by atoms with Crippen LogP contribution < -0.4 is 15.0 Å². The average molecular weight is 426 g/mol. The Balaban J connectivity index is 1.30. The molecule has 3 aromatic rings. The molecule has 1 aliphatic heterocycles. The summed E-state index contributed by atoms with van der Waals surface area (Å²) in [4.78, 5) is 14.8. The van der Waals surface area contributed by atoms with Crippen molar-refractivity contribution in [2.45, 2.75) is 33.2 Å². The van der Waals surface area contributed by atoms with E-state index in [4.69, 9.17) is 4.74 Å². The molecular formula is C22H27N5O2S. The van der Waals surface area contributed by atoms with E-state index in [9.17, 15) is 4.79 Å². The monoisotopic (exact) mass is 425 g/mol. The maximum Gasteiger partial charge on any atom is 0.223 e. The van der Waals surface area contributed by atoms with Gasteiger partial charge in [-0.25, -0.2) is 0 Å². The fraction of sp³-hybridized carbons (Fsp3) is 0.409. The first-order chi connectivity index (χ1) is 14.5. The number of carbonyl (C=O) groups excluding carboxylic acids is 1. The fourth-order valence-electron chi connectivity index (χ4n) is 3.81. The summed E-state index contributed by atoms with van der Waals surface area (Å²) in [5.74, 6) is 0.988. The normalized spacial score (nSPS) is 14.7. The van der Waals surface area contributed by atoms with Gasteiger partial charge in [0.1, 0.15) is 5.75 Å². The number of piperidine rings is 1. The number of ether oxygens (including phenoxy) is 1. The summed E-state index contributed by atoms with van der Waals surface area (Å²) in [5.41, 5.74) is 3.38. The van der Waals surface area contributed by atoms with Crippen LogP contribution in [0.1, 0.15) is 29.8 Å². The minimum absolute atomic E-state index is 0.0424. The maximum absolute atomic E-state index is 12.6. The van der Waals surface area contributed by atoms with Gasteiger partial charge in [0, 0.05) is 36.9 Å². The molecule has 0 saturated carbocycles. The minimum Gasteiger partial charge on any atom is -0.497 e. The van der Waals surface area contributed by atoms with E-state index in [2.05, 4.69) is 51.0 Å². The predicted octanol–water partition coefficient (Wildman–Crippen LogP) is 3.49. The highest BCUT2D eigenvalue weighted by Crippen LogP contribution is 2.29. The number of hydrogen-bond donors (Lipinski definition) is 1. The molecular weight excluding hydrogens is 398 g/mol. The van der Waals surface area contributed by atoms with E-state index in [0.29, 0.717) is 6.54 Å². The SMILES string of the molecule is COc1ccc(CNC(=O)C2CCN(c3nnc(-n4c(C)ccc4C)s3)CC2)cc1. The molecule has 1 N–H and O–H groups in total. The fourth-order valence-corrected chi connectivity index (χ4v) is 4.82. The topological polar surface area (TPSA) is 72.3 Å². The van der Waals surface area contributed by atoms with Crippen LogP contribution in [0.25, 0.3) is 5.13 Å². The molecule has 0 atom stereocenters. The highest BCUT2D eigenvalue weighted by Gasteiger charge is 2.26. The van der Waals surface area contributed by atoms with Crippen molar-refractivity contribution in [1.82, 2.24) is 20.1 Å². The molecule has 7 nitrogen and oxygen atoms in total. The predicted molar refractivity (Wildman–Crippen MR) is 118 cm³/mol. The van der Waals surface area contributed by atoms with Crippen molar-refractivity contribution < 1.29 is 9.53 Å². The Morgan fingerprint density at radius 1 is 1.07 bits per heavy atom. The summed E-state index contributed by atoms with van der Waals surface area (Å²) < 4.78 is 7.29. The number of amides is 1. The molecule has 4 rings (SSSR count). The van der Waals surface area contributed by atoms with Crippen molar-refractivity contribution in [3.05, 3.63) is 53.3 Å². The van der Waals surface area contributed by atoms with Crippen LogP contribution in [0, 0.1) is 19.8 Å². The quantitative estimate of drug-likeness (QED) is 0.655. The highest BCUT2D eigenvalue weighted by molar-refractivity contribution is 7.17. The van der Waals surface area contributed by atoms with Crippen LogP contribution in [0.2, 0.25) is 0 Å². The summed E-state index contributed by atoms with van der Waals surface area (Å²) in [5, 5.41) is 13.7. The number of methoxy groups -OCH3 is 1. The molecule has 2 aromatic heterocycles. The van der Waals surface area contributed by atoms with Crippen molar-refractivity contribution in [2.24, 2.45) is 5.92 Å². The summed E-state index contributed by atoms with van der Waals surface area (Å²) in [6.07, 6.45) is 1.65. The highest BCUT2D eigenvalue weighted by atomic mass is 32.1. The molecule has 1 aliphatic rings. The van der Waals surface area contributed by atoms with Gasteiger partial charge in [-0.2, -0.15) is 0 Å². The Bertz CT molecular complexity index is 983. The molecule has 1 aromatic carbocycles. The number of aromatic nitrogens is 3. The van der Waals surface area contributed by atoms with Gasteiger partial charge < -0.3 is 15.0 Å². The summed E-state index contributed by atoms with van der Waals surface area (Å²) in [7, 11) is 1.65. The molecule has 30 heavy (non-hydrogen) atoms. The number of rotatable bonds is 6. The van der Waals surface area contributed by atoms with E-state index in [-0.39, 0.29) is 11.8 Å². The maximum atomic E-state index is 12.6. The van der Waals surface area contributed by atoms with Crippen molar-refractivity contribution in [3.8, 4) is 10.9 Å². The molecule has 1 amide bonds. The molecule has 0 unspecified atom stereocenters. The first-order valence-corrected chi connectivity index (χ1v) is 11.0. The number of aryl methyl sites for hydroxylation is 2. The Morgan fingerprint density at radius 2 is 1.70 bits per heavy atom. The third-order valence-corrected chi connectivity index (χ3v) is 6.60. The van der Waals surface area contributed by atoms with E-state index < -0.39 is 0 Å². The third kappa shape index (κ3) is 4.33. The van der Waals surface area contributed by atoms with E-state index >= 15 is 0 Å². The number of anilines is 1. The average Bonchev–Trinajstić information content (AvgIpc) is 3.38. The lowest BCUT2D eigenvalue weighted by Gasteiger charge is -2.30. The summed E-state index contributed by atoms with van der Waals surface area (Å²) >= 11 is 1.60. The zero-order valence-corrected chi connectivity index (χ0v) is 18.4. The van der Waals surface area contributed by atoms with Gasteiger partial charge in [0.05, 0.1) is 7.11 Å². The van der Waals surface area contributed by atoms with Crippen LogP contribution in [-0.2, 0) is 11.3 Å². The van der Waals surface area contributed by atoms with Crippen LogP contribution in [0.15, 0.2) is 36.4 Å². The van der Waals surface area contributed by atoms with E-state index in [1.54, 1.807) is 18.4 Å². The molecule has 3 heterocycles. The second-order valence-electron chi connectivity index (χ2n) is 7.65. The molecule has 0 radical (unpaired) electrons. The third-order valence-electron chi connectivity index (χ3n) is 5.63. The van der Waals surface area contributed by atoms with Gasteiger partial charge in [0.15, 0.2) is 0 Å². The Kier molecular flexibility index (Phi) is 6.03. The number of nitrogens with one attached hydrogen (secondary N) is 1. The van der Waals surface area contributed by atoms with Crippen molar-refractivity contribution in [2.75, 3.05) is 25.1 Å². The van der Waals surface area contributed by atoms with Crippen LogP contribution in [0.3, 0.4) is 0 Å². The van der Waals surface area contributed by atoms with E-state index in [1.807, 2.05) is 24.3 Å². The lowest BCUT2D eigenvalue weighted by Crippen LogP contribution is -2.40. The van der Waals surface area contributed by atoms with Gasteiger partial charge in [-0.15, -0.1) is 10.2 Å². The van der Waals surface area contributed by atoms with Gasteiger partial charge in [0.25, 0.3) is 0 Å². The molecule has 0 spiro atoms. The van der Waals surface area contributed by atoms with Crippen LogP contribution >= 0.6 is 11.3 Å². The zero-order valence-electron chi connectivity index (χ0n) is 17.6. The molecule has 1 saturated heterocycles. The first-order valence-electron chi connectivity index (χ1n) is 10.2. The minimum atomic E-state index is 0.0424. The van der Waals surface area contributed by atoms with Crippen LogP contribution in [-0.4, -0.2) is 40.9 Å². The Hall–Kier alpha value is -2.87. The number of carbonyl (C=O) groups is 1. The standard InChI is InChI=1S/C22H27N5O2S/c1-15-4-5-16(2)27(15)22-25-24-21(30-22)26-12-10-18(11-13-26)20(28)23-14-17-6-8-19(29-3)9-7-17/h4-9,18H,10-14H2,1-3H3,(H,23,28). The van der Waals surface area contributed by atoms with Crippen molar-refractivity contribution in [3.63, 3.8) is 0 Å². The zero-order chi connectivity index (χ0) is 21.1. The Morgan fingerprint density at radius 3 is 2.33 bits per heavy atom. The molecule has 8 heteroatoms. The largest absolute Gasteiger partial charge is 0.497 e. The smallest absolute Gasteiger partial charge is 0.223 e. The van der Waals surface area contributed by atoms with Gasteiger partial charge in [-0.05, 0) is 56.5 Å². The lowest BCUT2D eigenvalue weighted by atomic mass is 9.96. The molecule has 0 aliphatic carbocycles. The first kappa shape index (κ1) is 20.4. The van der Waals surface area contributed by atoms with E-state index in [1.165, 1.54) is 0 Å².